The van der Waals surface area contributed by atoms with E-state index in [1.807, 2.05) is 12.1 Å². The molecule has 1 aliphatic heterocycles. The Morgan fingerprint density at radius 1 is 1.00 bits per heavy atom. The van der Waals surface area contributed by atoms with Gasteiger partial charge >= 0.3 is 0 Å². The van der Waals surface area contributed by atoms with Crippen molar-refractivity contribution < 1.29 is 9.47 Å². The van der Waals surface area contributed by atoms with E-state index in [0.717, 1.165) is 50.4 Å². The van der Waals surface area contributed by atoms with Crippen LogP contribution in [-0.4, -0.2) is 32.2 Å². The fourth-order valence-corrected chi connectivity index (χ4v) is 3.31. The molecule has 1 aliphatic rings. The summed E-state index contributed by atoms with van der Waals surface area (Å²) in [7, 11) is 3.48. The first-order valence-corrected chi connectivity index (χ1v) is 8.30. The van der Waals surface area contributed by atoms with Gasteiger partial charge in [0.05, 0.1) is 14.2 Å². The molecule has 2 aromatic rings. The second-order valence-corrected chi connectivity index (χ2v) is 6.08. The zero-order chi connectivity index (χ0) is 16.1. The summed E-state index contributed by atoms with van der Waals surface area (Å²) in [6, 6.07) is 14.8. The van der Waals surface area contributed by atoms with Gasteiger partial charge in [0.15, 0.2) is 0 Å². The lowest BCUT2D eigenvalue weighted by molar-refractivity contribution is 0.250. The SMILES string of the molecule is COc1ccc2c(c1)CCN(CCCc1ccccc1OC)C2. The first-order chi connectivity index (χ1) is 11.3. The molecule has 3 rings (SSSR count). The van der Waals surface area contributed by atoms with Crippen LogP contribution in [0.1, 0.15) is 23.1 Å². The fraction of sp³-hybridized carbons (Fsp3) is 0.400. The second-order valence-electron chi connectivity index (χ2n) is 6.08. The van der Waals surface area contributed by atoms with Crippen LogP contribution in [-0.2, 0) is 19.4 Å². The highest BCUT2D eigenvalue weighted by molar-refractivity contribution is 5.37. The van der Waals surface area contributed by atoms with Crippen LogP contribution >= 0.6 is 0 Å². The van der Waals surface area contributed by atoms with Crippen LogP contribution < -0.4 is 9.47 Å². The molecule has 0 amide bonds. The van der Waals surface area contributed by atoms with Gasteiger partial charge in [-0.1, -0.05) is 24.3 Å². The number of methoxy groups -OCH3 is 2. The van der Waals surface area contributed by atoms with Crippen molar-refractivity contribution in [1.82, 2.24) is 4.90 Å². The number of rotatable bonds is 6. The summed E-state index contributed by atoms with van der Waals surface area (Å²) in [6.45, 7) is 3.31. The van der Waals surface area contributed by atoms with E-state index in [4.69, 9.17) is 9.47 Å². The molecule has 122 valence electrons. The quantitative estimate of drug-likeness (QED) is 0.812. The van der Waals surface area contributed by atoms with E-state index in [9.17, 15) is 0 Å². The molecule has 0 bridgehead atoms. The standard InChI is InChI=1S/C20H25NO2/c1-22-19-10-9-18-15-21(13-11-17(18)14-19)12-5-7-16-6-3-4-8-20(16)23-2/h3-4,6,8-10,14H,5,7,11-13,15H2,1-2H3. The summed E-state index contributed by atoms with van der Waals surface area (Å²) in [6.07, 6.45) is 3.34. The normalized spacial score (nSPS) is 14.3. The molecular formula is C20H25NO2. The molecule has 0 radical (unpaired) electrons. The minimum absolute atomic E-state index is 0.966. The molecular weight excluding hydrogens is 286 g/mol. The molecule has 2 aromatic carbocycles. The Hall–Kier alpha value is -2.00. The van der Waals surface area contributed by atoms with Gasteiger partial charge in [-0.15, -0.1) is 0 Å². The molecule has 0 atom stereocenters. The van der Waals surface area contributed by atoms with Gasteiger partial charge in [0.1, 0.15) is 11.5 Å². The summed E-state index contributed by atoms with van der Waals surface area (Å²) in [5, 5.41) is 0. The number of fused-ring (bicyclic) bond motifs is 1. The van der Waals surface area contributed by atoms with E-state index in [0.29, 0.717) is 0 Å². The van der Waals surface area contributed by atoms with E-state index < -0.39 is 0 Å². The highest BCUT2D eigenvalue weighted by atomic mass is 16.5. The third-order valence-corrected chi connectivity index (χ3v) is 4.62. The molecule has 0 spiro atoms. The maximum absolute atomic E-state index is 5.43. The van der Waals surface area contributed by atoms with Crippen LogP contribution in [0, 0.1) is 0 Å². The predicted molar refractivity (Wildman–Crippen MR) is 93.3 cm³/mol. The van der Waals surface area contributed by atoms with Crippen molar-refractivity contribution in [3.05, 3.63) is 59.2 Å². The molecule has 1 heterocycles. The first kappa shape index (κ1) is 15.9. The predicted octanol–water partition coefficient (Wildman–Crippen LogP) is 3.69. The Labute approximate surface area is 138 Å². The first-order valence-electron chi connectivity index (χ1n) is 8.30. The monoisotopic (exact) mass is 311 g/mol. The van der Waals surface area contributed by atoms with Crippen molar-refractivity contribution in [2.24, 2.45) is 0 Å². The Kier molecular flexibility index (Phi) is 5.19. The minimum atomic E-state index is 0.966. The van der Waals surface area contributed by atoms with E-state index >= 15 is 0 Å². The van der Waals surface area contributed by atoms with Gasteiger partial charge in [0, 0.05) is 13.1 Å². The van der Waals surface area contributed by atoms with E-state index in [2.05, 4.69) is 35.2 Å². The second kappa shape index (κ2) is 7.51. The third kappa shape index (κ3) is 3.85. The third-order valence-electron chi connectivity index (χ3n) is 4.62. The Morgan fingerprint density at radius 2 is 1.87 bits per heavy atom. The lowest BCUT2D eigenvalue weighted by Gasteiger charge is -2.29. The lowest BCUT2D eigenvalue weighted by atomic mass is 9.99. The topological polar surface area (TPSA) is 21.7 Å². The number of benzene rings is 2. The van der Waals surface area contributed by atoms with Gasteiger partial charge < -0.3 is 9.47 Å². The number of para-hydroxylation sites is 1. The van der Waals surface area contributed by atoms with Gasteiger partial charge in [0.25, 0.3) is 0 Å². The highest BCUT2D eigenvalue weighted by Crippen LogP contribution is 2.24. The average molecular weight is 311 g/mol. The van der Waals surface area contributed by atoms with Crippen molar-refractivity contribution >= 4 is 0 Å². The Morgan fingerprint density at radius 3 is 2.70 bits per heavy atom. The molecule has 23 heavy (non-hydrogen) atoms. The molecule has 0 aromatic heterocycles. The number of aryl methyl sites for hydroxylation is 1. The zero-order valence-electron chi connectivity index (χ0n) is 14.0. The smallest absolute Gasteiger partial charge is 0.122 e. The maximum atomic E-state index is 5.43. The Balaban J connectivity index is 1.54. The van der Waals surface area contributed by atoms with Crippen molar-refractivity contribution in [3.63, 3.8) is 0 Å². The number of hydrogen-bond acceptors (Lipinski definition) is 3. The van der Waals surface area contributed by atoms with Crippen LogP contribution in [0.4, 0.5) is 0 Å². The molecule has 0 aliphatic carbocycles. The zero-order valence-corrected chi connectivity index (χ0v) is 14.0. The maximum Gasteiger partial charge on any atom is 0.122 e. The van der Waals surface area contributed by atoms with Crippen LogP contribution in [0.2, 0.25) is 0 Å². The average Bonchev–Trinajstić information content (AvgIpc) is 2.61. The molecule has 3 nitrogen and oxygen atoms in total. The fourth-order valence-electron chi connectivity index (χ4n) is 3.31. The highest BCUT2D eigenvalue weighted by Gasteiger charge is 2.16. The molecule has 3 heteroatoms. The minimum Gasteiger partial charge on any atom is -0.497 e. The summed E-state index contributed by atoms with van der Waals surface area (Å²) in [5.74, 6) is 1.97. The molecule has 0 N–H and O–H groups in total. The van der Waals surface area contributed by atoms with Crippen LogP contribution in [0.5, 0.6) is 11.5 Å². The van der Waals surface area contributed by atoms with Crippen LogP contribution in [0.25, 0.3) is 0 Å². The van der Waals surface area contributed by atoms with Crippen molar-refractivity contribution in [2.45, 2.75) is 25.8 Å². The van der Waals surface area contributed by atoms with Gasteiger partial charge in [-0.05, 0) is 60.7 Å². The molecule has 0 unspecified atom stereocenters. The number of hydrogen-bond donors (Lipinski definition) is 0. The Bertz CT molecular complexity index is 654. The number of nitrogens with zero attached hydrogens (tertiary/aromatic N) is 1. The summed E-state index contributed by atoms with van der Waals surface area (Å²) >= 11 is 0. The van der Waals surface area contributed by atoms with E-state index in [1.54, 1.807) is 14.2 Å². The van der Waals surface area contributed by atoms with Crippen molar-refractivity contribution in [1.29, 1.82) is 0 Å². The van der Waals surface area contributed by atoms with Crippen molar-refractivity contribution in [3.8, 4) is 11.5 Å². The van der Waals surface area contributed by atoms with Gasteiger partial charge in [-0.25, -0.2) is 0 Å². The summed E-state index contributed by atoms with van der Waals surface area (Å²) < 4.78 is 10.7. The van der Waals surface area contributed by atoms with Crippen LogP contribution in [0.3, 0.4) is 0 Å². The largest absolute Gasteiger partial charge is 0.497 e. The van der Waals surface area contributed by atoms with E-state index in [-0.39, 0.29) is 0 Å². The lowest BCUT2D eigenvalue weighted by Crippen LogP contribution is -2.31. The van der Waals surface area contributed by atoms with Crippen molar-refractivity contribution in [2.75, 3.05) is 27.3 Å². The summed E-state index contributed by atoms with van der Waals surface area (Å²) in [4.78, 5) is 2.55. The van der Waals surface area contributed by atoms with Gasteiger partial charge in [-0.3, -0.25) is 4.90 Å². The van der Waals surface area contributed by atoms with Gasteiger partial charge in [-0.2, -0.15) is 0 Å². The van der Waals surface area contributed by atoms with Crippen LogP contribution in [0.15, 0.2) is 42.5 Å². The molecule has 0 fully saturated rings. The number of ether oxygens (including phenoxy) is 2. The summed E-state index contributed by atoms with van der Waals surface area (Å²) in [5.41, 5.74) is 4.18. The van der Waals surface area contributed by atoms with Gasteiger partial charge in [0.2, 0.25) is 0 Å². The molecule has 0 saturated carbocycles. The van der Waals surface area contributed by atoms with E-state index in [1.165, 1.54) is 16.7 Å². The molecule has 0 saturated heterocycles.